The lowest BCUT2D eigenvalue weighted by molar-refractivity contribution is -0.138. The Balaban J connectivity index is 1.58. The average molecular weight is 538 g/mol. The van der Waals surface area contributed by atoms with E-state index in [0.29, 0.717) is 32.4 Å². The summed E-state index contributed by atoms with van der Waals surface area (Å²) in [5, 5.41) is 11.2. The van der Waals surface area contributed by atoms with Crippen molar-refractivity contribution in [3.05, 3.63) is 117 Å². The smallest absolute Gasteiger partial charge is 0.344 e. The van der Waals surface area contributed by atoms with Crippen LogP contribution in [0.2, 0.25) is 5.02 Å². The number of aliphatic imine (C=N–C) groups is 1. The number of ether oxygens (including phenoxy) is 2. The Hall–Kier alpha value is -3.88. The second-order valence-electron chi connectivity index (χ2n) is 7.75. The fourth-order valence-corrected chi connectivity index (χ4v) is 4.65. The van der Waals surface area contributed by atoms with Gasteiger partial charge in [-0.2, -0.15) is 0 Å². The van der Waals surface area contributed by atoms with E-state index in [2.05, 4.69) is 4.99 Å². The fourth-order valence-electron chi connectivity index (χ4n) is 3.39. The Bertz CT molecular complexity index is 1440. The lowest BCUT2D eigenvalue weighted by atomic mass is 10.1. The maximum atomic E-state index is 13.4. The number of benzene rings is 3. The molecule has 4 rings (SSSR count). The summed E-state index contributed by atoms with van der Waals surface area (Å²) in [7, 11) is 0. The maximum absolute atomic E-state index is 13.4. The highest BCUT2D eigenvalue weighted by atomic mass is 35.5. The molecule has 0 bridgehead atoms. The summed E-state index contributed by atoms with van der Waals surface area (Å²) < 4.78 is 24.2. The molecule has 1 aliphatic rings. The maximum Gasteiger partial charge on any atom is 0.344 e. The van der Waals surface area contributed by atoms with E-state index >= 15 is 0 Å². The molecule has 0 aliphatic carbocycles. The van der Waals surface area contributed by atoms with Crippen LogP contribution in [0.1, 0.15) is 28.4 Å². The van der Waals surface area contributed by atoms with E-state index in [1.807, 2.05) is 0 Å². The lowest BCUT2D eigenvalue weighted by Gasteiger charge is -2.09. The molecule has 0 atom stereocenters. The van der Waals surface area contributed by atoms with Gasteiger partial charge in [0.25, 0.3) is 5.91 Å². The second kappa shape index (κ2) is 11.9. The molecule has 1 N–H and O–H groups in total. The third-order valence-electron chi connectivity index (χ3n) is 5.13. The van der Waals surface area contributed by atoms with Crippen molar-refractivity contribution in [2.45, 2.75) is 13.5 Å². The van der Waals surface area contributed by atoms with Crippen LogP contribution >= 0.6 is 23.4 Å². The van der Waals surface area contributed by atoms with Crippen molar-refractivity contribution in [1.29, 1.82) is 0 Å². The normalized spacial score (nSPS) is 15.3. The summed E-state index contributed by atoms with van der Waals surface area (Å²) in [5.41, 5.74) is 1.43. The summed E-state index contributed by atoms with van der Waals surface area (Å²) >= 11 is 7.36. The number of thioether (sulfide) groups is 1. The number of nitrogens with zero attached hydrogens (tertiary/aromatic N) is 1. The molecule has 0 saturated carbocycles. The minimum atomic E-state index is -0.783. The van der Waals surface area contributed by atoms with Crippen LogP contribution < -0.4 is 4.74 Å². The number of aliphatic hydroxyl groups is 1. The van der Waals surface area contributed by atoms with E-state index < -0.39 is 11.9 Å². The van der Waals surface area contributed by atoms with Crippen LogP contribution in [0.15, 0.2) is 94.0 Å². The minimum Gasteiger partial charge on any atom is -0.506 e. The van der Waals surface area contributed by atoms with Gasteiger partial charge in [-0.1, -0.05) is 59.8 Å². The molecule has 0 spiro atoms. The number of carbonyl (C=O) groups excluding carboxylic acids is 2. The van der Waals surface area contributed by atoms with E-state index in [1.165, 1.54) is 12.1 Å². The number of halogens is 2. The van der Waals surface area contributed by atoms with Crippen molar-refractivity contribution < 1.29 is 28.6 Å². The van der Waals surface area contributed by atoms with Crippen molar-refractivity contribution >= 4 is 46.4 Å². The number of hydrogen-bond donors (Lipinski definition) is 1. The number of esters is 1. The average Bonchev–Trinajstić information content (AvgIpc) is 3.18. The largest absolute Gasteiger partial charge is 0.506 e. The van der Waals surface area contributed by atoms with Gasteiger partial charge in [0.05, 0.1) is 16.5 Å². The molecule has 3 aromatic rings. The van der Waals surface area contributed by atoms with Gasteiger partial charge in [-0.25, -0.2) is 14.2 Å². The van der Waals surface area contributed by atoms with Crippen LogP contribution in [-0.2, 0) is 16.1 Å². The topological polar surface area (TPSA) is 85.2 Å². The molecule has 6 nitrogen and oxygen atoms in total. The van der Waals surface area contributed by atoms with Crippen LogP contribution in [0, 0.1) is 5.82 Å². The van der Waals surface area contributed by atoms with E-state index in [-0.39, 0.29) is 35.4 Å². The van der Waals surface area contributed by atoms with E-state index in [0.717, 1.165) is 11.8 Å². The lowest BCUT2D eigenvalue weighted by Crippen LogP contribution is -2.14. The predicted octanol–water partition coefficient (Wildman–Crippen LogP) is 6.76. The molecule has 1 amide bonds. The SMILES string of the molecule is CCOC(=O)C1=C(O)/C(=C/c2ccc(OCc3cccc(F)c3)c(Cl)c2)SC1=NC(=O)c1ccccc1. The molecule has 0 aromatic heterocycles. The van der Waals surface area contributed by atoms with Crippen LogP contribution in [0.25, 0.3) is 6.08 Å². The number of hydrogen-bond acceptors (Lipinski definition) is 6. The molecule has 9 heteroatoms. The summed E-state index contributed by atoms with van der Waals surface area (Å²) in [6.07, 6.45) is 1.61. The van der Waals surface area contributed by atoms with Gasteiger partial charge in [-0.3, -0.25) is 4.79 Å². The van der Waals surface area contributed by atoms with Crippen molar-refractivity contribution in [2.75, 3.05) is 6.61 Å². The molecule has 1 heterocycles. The standard InChI is InChI=1S/C28H21ClFNO5S/c1-2-35-28(34)24-25(32)23(37-27(24)31-26(33)19-8-4-3-5-9-19)15-17-11-12-22(21(29)14-17)36-16-18-7-6-10-20(30)13-18/h3-15,32H,2,16H2,1H3/b23-15-,31-27?. The highest BCUT2D eigenvalue weighted by Gasteiger charge is 2.34. The molecule has 37 heavy (non-hydrogen) atoms. The second-order valence-corrected chi connectivity index (χ2v) is 9.19. The zero-order chi connectivity index (χ0) is 26.4. The molecule has 0 fully saturated rings. The van der Waals surface area contributed by atoms with Gasteiger partial charge in [0.1, 0.15) is 34.5 Å². The first-order chi connectivity index (χ1) is 17.9. The van der Waals surface area contributed by atoms with Gasteiger partial charge in [-0.05, 0) is 60.5 Å². The van der Waals surface area contributed by atoms with E-state index in [1.54, 1.807) is 73.7 Å². The Morgan fingerprint density at radius 1 is 1.08 bits per heavy atom. The van der Waals surface area contributed by atoms with Gasteiger partial charge in [0, 0.05) is 5.56 Å². The first kappa shape index (κ1) is 26.2. The summed E-state index contributed by atoms with van der Waals surface area (Å²) in [5.74, 6) is -1.64. The summed E-state index contributed by atoms with van der Waals surface area (Å²) in [6.45, 7) is 1.86. The number of rotatable bonds is 7. The van der Waals surface area contributed by atoms with Crippen LogP contribution in [-0.4, -0.2) is 28.6 Å². The van der Waals surface area contributed by atoms with Crippen LogP contribution in [0.3, 0.4) is 0 Å². The Kier molecular flexibility index (Phi) is 8.43. The van der Waals surface area contributed by atoms with Gasteiger partial charge in [-0.15, -0.1) is 0 Å². The number of aliphatic hydroxyl groups excluding tert-OH is 1. The monoisotopic (exact) mass is 537 g/mol. The third kappa shape index (κ3) is 6.47. The van der Waals surface area contributed by atoms with Gasteiger partial charge < -0.3 is 14.6 Å². The Morgan fingerprint density at radius 2 is 1.86 bits per heavy atom. The first-order valence-corrected chi connectivity index (χ1v) is 12.4. The molecular formula is C28H21ClFNO5S. The van der Waals surface area contributed by atoms with Gasteiger partial charge in [0.2, 0.25) is 0 Å². The molecule has 1 aliphatic heterocycles. The zero-order valence-electron chi connectivity index (χ0n) is 19.6. The van der Waals surface area contributed by atoms with Crippen molar-refractivity contribution in [3.8, 4) is 5.75 Å². The number of amides is 1. The zero-order valence-corrected chi connectivity index (χ0v) is 21.2. The Labute approximate surface area is 222 Å². The van der Waals surface area contributed by atoms with Crippen LogP contribution in [0.5, 0.6) is 5.75 Å². The minimum absolute atomic E-state index is 0.0391. The van der Waals surface area contributed by atoms with Gasteiger partial charge >= 0.3 is 5.97 Å². The first-order valence-electron chi connectivity index (χ1n) is 11.2. The summed E-state index contributed by atoms with van der Waals surface area (Å²) in [4.78, 5) is 29.6. The molecule has 0 unspecified atom stereocenters. The third-order valence-corrected chi connectivity index (χ3v) is 6.45. The van der Waals surface area contributed by atoms with Crippen LogP contribution in [0.4, 0.5) is 4.39 Å². The van der Waals surface area contributed by atoms with Crippen molar-refractivity contribution in [3.63, 3.8) is 0 Å². The molecule has 3 aromatic carbocycles. The van der Waals surface area contributed by atoms with Gasteiger partial charge in [0.15, 0.2) is 0 Å². The molecule has 0 radical (unpaired) electrons. The highest BCUT2D eigenvalue weighted by molar-refractivity contribution is 8.18. The molecule has 0 saturated heterocycles. The predicted molar refractivity (Wildman–Crippen MR) is 142 cm³/mol. The summed E-state index contributed by atoms with van der Waals surface area (Å²) in [6, 6.07) is 19.4. The van der Waals surface area contributed by atoms with E-state index in [4.69, 9.17) is 21.1 Å². The van der Waals surface area contributed by atoms with Crippen molar-refractivity contribution in [1.82, 2.24) is 0 Å². The molecule has 188 valence electrons. The van der Waals surface area contributed by atoms with E-state index in [9.17, 15) is 19.1 Å². The fraction of sp³-hybridized carbons (Fsp3) is 0.107. The van der Waals surface area contributed by atoms with Crippen molar-refractivity contribution in [2.24, 2.45) is 4.99 Å². The highest BCUT2D eigenvalue weighted by Crippen LogP contribution is 2.40. The number of carbonyl (C=O) groups is 2. The molecular weight excluding hydrogens is 517 g/mol. The Morgan fingerprint density at radius 3 is 2.57 bits per heavy atom. The quantitative estimate of drug-likeness (QED) is 0.335.